The molecule has 0 spiro atoms. The fourth-order valence-electron chi connectivity index (χ4n) is 2.65. The minimum absolute atomic E-state index is 0.0761. The average Bonchev–Trinajstić information content (AvgIpc) is 2.60. The molecule has 2 rings (SSSR count). The Balaban J connectivity index is 2.26. The van der Waals surface area contributed by atoms with Crippen molar-refractivity contribution < 1.29 is 19.5 Å². The number of carboxylic acid groups (broad SMARTS) is 1. The van der Waals surface area contributed by atoms with Gasteiger partial charge >= 0.3 is 5.97 Å². The summed E-state index contributed by atoms with van der Waals surface area (Å²) in [6, 6.07) is 17.3. The van der Waals surface area contributed by atoms with Gasteiger partial charge in [0.1, 0.15) is 11.8 Å². The van der Waals surface area contributed by atoms with Crippen LogP contribution in [-0.4, -0.2) is 28.8 Å². The largest absolute Gasteiger partial charge is 0.480 e. The molecule has 0 saturated heterocycles. The molecule has 130 valence electrons. The van der Waals surface area contributed by atoms with Crippen LogP contribution in [0.25, 0.3) is 0 Å². The van der Waals surface area contributed by atoms with Crippen molar-refractivity contribution in [1.29, 1.82) is 0 Å². The van der Waals surface area contributed by atoms with Crippen LogP contribution in [0.5, 0.6) is 0 Å². The highest BCUT2D eigenvalue weighted by Crippen LogP contribution is 2.25. The molecule has 0 saturated carbocycles. The van der Waals surface area contributed by atoms with Gasteiger partial charge in [-0.05, 0) is 24.5 Å². The lowest BCUT2D eigenvalue weighted by atomic mass is 9.90. The number of carboxylic acids is 1. The quantitative estimate of drug-likeness (QED) is 0.774. The van der Waals surface area contributed by atoms with Crippen molar-refractivity contribution in [1.82, 2.24) is 5.32 Å². The van der Waals surface area contributed by atoms with E-state index < -0.39 is 23.8 Å². The molecular weight excluding hydrogens is 318 g/mol. The zero-order valence-electron chi connectivity index (χ0n) is 14.0. The number of carbonyl (C=O) groups excluding carboxylic acids is 2. The number of hydrogen-bond donors (Lipinski definition) is 2. The third kappa shape index (κ3) is 5.28. The summed E-state index contributed by atoms with van der Waals surface area (Å²) in [4.78, 5) is 35.4. The monoisotopic (exact) mass is 339 g/mol. The molecule has 1 atom stereocenters. The molecule has 0 aliphatic carbocycles. The molecule has 1 amide bonds. The molecule has 0 aliphatic heterocycles. The Labute approximate surface area is 146 Å². The zero-order chi connectivity index (χ0) is 18.2. The number of amides is 1. The number of Topliss-reactive ketones (excluding diaryl/α,β-unsaturated/α-hetero) is 1. The van der Waals surface area contributed by atoms with Gasteiger partial charge in [-0.15, -0.1) is 0 Å². The van der Waals surface area contributed by atoms with Crippen molar-refractivity contribution >= 4 is 17.7 Å². The molecule has 0 unspecified atom stereocenters. The number of aliphatic carboxylic acids is 1. The van der Waals surface area contributed by atoms with Gasteiger partial charge in [0.15, 0.2) is 0 Å². The van der Waals surface area contributed by atoms with E-state index >= 15 is 0 Å². The van der Waals surface area contributed by atoms with Crippen molar-refractivity contribution in [3.05, 3.63) is 71.8 Å². The second-order valence-electron chi connectivity index (χ2n) is 5.89. The van der Waals surface area contributed by atoms with E-state index in [9.17, 15) is 19.5 Å². The van der Waals surface area contributed by atoms with E-state index in [0.29, 0.717) is 0 Å². The van der Waals surface area contributed by atoms with Crippen molar-refractivity contribution in [3.8, 4) is 0 Å². The zero-order valence-corrected chi connectivity index (χ0v) is 14.0. The number of benzene rings is 2. The summed E-state index contributed by atoms with van der Waals surface area (Å²) in [5.74, 6) is -2.26. The second-order valence-corrected chi connectivity index (χ2v) is 5.89. The molecule has 2 aromatic carbocycles. The van der Waals surface area contributed by atoms with E-state index in [0.717, 1.165) is 11.1 Å². The van der Waals surface area contributed by atoms with Crippen LogP contribution >= 0.6 is 0 Å². The summed E-state index contributed by atoms with van der Waals surface area (Å²) in [6.07, 6.45) is 0.186. The van der Waals surface area contributed by atoms with E-state index in [1.165, 1.54) is 6.92 Å². The summed E-state index contributed by atoms with van der Waals surface area (Å²) in [6.45, 7) is 1.40. The predicted molar refractivity (Wildman–Crippen MR) is 94.2 cm³/mol. The van der Waals surface area contributed by atoms with E-state index in [2.05, 4.69) is 5.32 Å². The first-order valence-electron chi connectivity index (χ1n) is 8.11. The summed E-state index contributed by atoms with van der Waals surface area (Å²) < 4.78 is 0. The highest BCUT2D eigenvalue weighted by Gasteiger charge is 2.27. The van der Waals surface area contributed by atoms with Gasteiger partial charge in [0.2, 0.25) is 5.91 Å². The highest BCUT2D eigenvalue weighted by atomic mass is 16.4. The maximum absolute atomic E-state index is 12.8. The Morgan fingerprint density at radius 1 is 0.920 bits per heavy atom. The second kappa shape index (κ2) is 8.78. The minimum Gasteiger partial charge on any atom is -0.480 e. The molecule has 0 bridgehead atoms. The molecule has 0 radical (unpaired) electrons. The highest BCUT2D eigenvalue weighted by molar-refractivity contribution is 5.90. The van der Waals surface area contributed by atoms with Gasteiger partial charge in [0.05, 0.1) is 5.92 Å². The molecule has 5 nitrogen and oxygen atoms in total. The molecule has 2 aromatic rings. The van der Waals surface area contributed by atoms with Crippen LogP contribution in [0.2, 0.25) is 0 Å². The third-order valence-electron chi connectivity index (χ3n) is 3.93. The van der Waals surface area contributed by atoms with E-state index in [1.807, 2.05) is 60.7 Å². The number of nitrogens with one attached hydrogen (secondary N) is 1. The topological polar surface area (TPSA) is 83.5 Å². The van der Waals surface area contributed by atoms with Crippen LogP contribution in [0.3, 0.4) is 0 Å². The van der Waals surface area contributed by atoms with Gasteiger partial charge < -0.3 is 15.2 Å². The maximum atomic E-state index is 12.8. The minimum atomic E-state index is -1.14. The maximum Gasteiger partial charge on any atom is 0.326 e. The Kier molecular flexibility index (Phi) is 6.46. The fraction of sp³-hybridized carbons (Fsp3) is 0.250. The third-order valence-corrected chi connectivity index (χ3v) is 3.93. The summed E-state index contributed by atoms with van der Waals surface area (Å²) in [7, 11) is 0. The van der Waals surface area contributed by atoms with E-state index in [-0.39, 0.29) is 18.6 Å². The van der Waals surface area contributed by atoms with Crippen molar-refractivity contribution in [2.24, 2.45) is 0 Å². The Morgan fingerprint density at radius 2 is 1.40 bits per heavy atom. The average molecular weight is 339 g/mol. The summed E-state index contributed by atoms with van der Waals surface area (Å²) in [5.41, 5.74) is 1.56. The first-order chi connectivity index (χ1) is 12.0. The fourth-order valence-corrected chi connectivity index (χ4v) is 2.65. The number of ketones is 1. The smallest absolute Gasteiger partial charge is 0.326 e. The van der Waals surface area contributed by atoms with Crippen LogP contribution in [0.1, 0.15) is 36.8 Å². The molecule has 0 aliphatic rings. The van der Waals surface area contributed by atoms with Crippen molar-refractivity contribution in [3.63, 3.8) is 0 Å². The van der Waals surface area contributed by atoms with Crippen molar-refractivity contribution in [2.75, 3.05) is 0 Å². The van der Waals surface area contributed by atoms with Crippen LogP contribution in [0, 0.1) is 0 Å². The predicted octanol–water partition coefficient (Wildman–Crippen LogP) is 2.76. The summed E-state index contributed by atoms with van der Waals surface area (Å²) in [5, 5.41) is 11.9. The van der Waals surface area contributed by atoms with Crippen LogP contribution in [-0.2, 0) is 14.4 Å². The van der Waals surface area contributed by atoms with Crippen molar-refractivity contribution in [2.45, 2.75) is 31.7 Å². The Morgan fingerprint density at radius 3 is 1.80 bits per heavy atom. The van der Waals surface area contributed by atoms with Gasteiger partial charge in [0.25, 0.3) is 0 Å². The standard InChI is InChI=1S/C20H21NO4/c1-14(22)12-13-17(20(24)25)21-19(23)18(15-8-4-2-5-9-15)16-10-6-3-7-11-16/h2-11,17-18H,12-13H2,1H3,(H,21,23)(H,24,25)/t17-/m1/s1. The molecule has 0 heterocycles. The molecular formula is C20H21NO4. The van der Waals surface area contributed by atoms with Gasteiger partial charge in [-0.2, -0.15) is 0 Å². The normalized spacial score (nSPS) is 11.8. The molecule has 25 heavy (non-hydrogen) atoms. The Bertz CT molecular complexity index is 688. The molecule has 0 aromatic heterocycles. The van der Waals surface area contributed by atoms with Crippen LogP contribution in [0.4, 0.5) is 0 Å². The van der Waals surface area contributed by atoms with Gasteiger partial charge in [-0.3, -0.25) is 4.79 Å². The number of hydrogen-bond acceptors (Lipinski definition) is 3. The van der Waals surface area contributed by atoms with Gasteiger partial charge in [0, 0.05) is 6.42 Å². The number of rotatable bonds is 8. The summed E-state index contributed by atoms with van der Waals surface area (Å²) >= 11 is 0. The first-order valence-corrected chi connectivity index (χ1v) is 8.11. The van der Waals surface area contributed by atoms with Crippen LogP contribution < -0.4 is 5.32 Å². The SMILES string of the molecule is CC(=O)CC[C@@H](NC(=O)C(c1ccccc1)c1ccccc1)C(=O)O. The first kappa shape index (κ1) is 18.4. The van der Waals surface area contributed by atoms with E-state index in [1.54, 1.807) is 0 Å². The lowest BCUT2D eigenvalue weighted by molar-refractivity contribution is -0.142. The van der Waals surface area contributed by atoms with Gasteiger partial charge in [-0.25, -0.2) is 4.79 Å². The molecule has 0 fully saturated rings. The molecule has 5 heteroatoms. The lowest BCUT2D eigenvalue weighted by Gasteiger charge is -2.21. The molecule has 2 N–H and O–H groups in total. The van der Waals surface area contributed by atoms with Gasteiger partial charge in [-0.1, -0.05) is 60.7 Å². The van der Waals surface area contributed by atoms with Crippen LogP contribution in [0.15, 0.2) is 60.7 Å². The number of carbonyl (C=O) groups is 3. The Hall–Kier alpha value is -2.95. The van der Waals surface area contributed by atoms with E-state index in [4.69, 9.17) is 0 Å². The lowest BCUT2D eigenvalue weighted by Crippen LogP contribution is -2.43.